The Morgan fingerprint density at radius 3 is 2.84 bits per heavy atom. The monoisotopic (exact) mass is 411 g/mol. The lowest BCUT2D eigenvalue weighted by Crippen LogP contribution is -2.44. The van der Waals surface area contributed by atoms with Crippen LogP contribution in [0, 0.1) is 0 Å². The molecule has 0 saturated carbocycles. The summed E-state index contributed by atoms with van der Waals surface area (Å²) in [6, 6.07) is 2.46. The number of halogens is 1. The van der Waals surface area contributed by atoms with Crippen LogP contribution in [0.5, 0.6) is 0 Å². The fourth-order valence-corrected chi connectivity index (χ4v) is 3.59. The first-order valence-electron chi connectivity index (χ1n) is 9.11. The molecule has 25 heavy (non-hydrogen) atoms. The molecule has 2 heterocycles. The number of amides is 1. The minimum Gasteiger partial charge on any atom is -0.444 e. The van der Waals surface area contributed by atoms with Gasteiger partial charge in [-0.15, -0.1) is 0 Å². The fraction of sp³-hybridized carbons (Fsp3) is 0.684. The molecule has 0 radical (unpaired) electrons. The summed E-state index contributed by atoms with van der Waals surface area (Å²) in [5.74, 6) is 0. The Morgan fingerprint density at radius 2 is 2.16 bits per heavy atom. The lowest BCUT2D eigenvalue weighted by Gasteiger charge is -2.34. The van der Waals surface area contributed by atoms with Crippen LogP contribution in [0.25, 0.3) is 0 Å². The van der Waals surface area contributed by atoms with Crippen LogP contribution in [-0.4, -0.2) is 40.2 Å². The molecule has 2 rings (SSSR count). The second-order valence-electron chi connectivity index (χ2n) is 7.85. The number of hydrogen-bond acceptors (Lipinski definition) is 4. The molecule has 1 aliphatic heterocycles. The van der Waals surface area contributed by atoms with Crippen LogP contribution < -0.4 is 5.32 Å². The van der Waals surface area contributed by atoms with Gasteiger partial charge in [0.05, 0.1) is 11.9 Å². The predicted octanol–water partition coefficient (Wildman–Crippen LogP) is 5.21. The highest BCUT2D eigenvalue weighted by molar-refractivity contribution is 9.10. The molecule has 2 atom stereocenters. The number of nitrogens with zero attached hydrogens (tertiary/aromatic N) is 2. The van der Waals surface area contributed by atoms with E-state index in [0.717, 1.165) is 42.4 Å². The Kier molecular flexibility index (Phi) is 7.11. The highest BCUT2D eigenvalue weighted by Crippen LogP contribution is 2.24. The molecule has 6 heteroatoms. The second kappa shape index (κ2) is 8.88. The standard InChI is InChI=1S/C19H30BrN3O2/c1-14(22-16-11-15(20)12-21-13-16)10-17-8-6-5-7-9-23(17)18(24)25-19(2,3)4/h11-14,17,22H,5-10H2,1-4H3. The normalized spacial score (nSPS) is 19.9. The highest BCUT2D eigenvalue weighted by Gasteiger charge is 2.30. The third-order valence-corrected chi connectivity index (χ3v) is 4.68. The van der Waals surface area contributed by atoms with E-state index in [1.54, 1.807) is 6.20 Å². The molecule has 0 aromatic carbocycles. The van der Waals surface area contributed by atoms with Gasteiger partial charge in [0, 0.05) is 29.3 Å². The van der Waals surface area contributed by atoms with Gasteiger partial charge in [-0.05, 0) is 69.0 Å². The van der Waals surface area contributed by atoms with Gasteiger partial charge in [0.2, 0.25) is 0 Å². The molecule has 1 fully saturated rings. The molecule has 1 saturated heterocycles. The van der Waals surface area contributed by atoms with Crippen LogP contribution >= 0.6 is 15.9 Å². The highest BCUT2D eigenvalue weighted by atomic mass is 79.9. The van der Waals surface area contributed by atoms with Crippen molar-refractivity contribution >= 4 is 27.7 Å². The van der Waals surface area contributed by atoms with Crippen LogP contribution in [0.3, 0.4) is 0 Å². The van der Waals surface area contributed by atoms with Crippen LogP contribution in [0.1, 0.15) is 59.8 Å². The number of likely N-dealkylation sites (tertiary alicyclic amines) is 1. The van der Waals surface area contributed by atoms with Crippen molar-refractivity contribution in [2.75, 3.05) is 11.9 Å². The summed E-state index contributed by atoms with van der Waals surface area (Å²) >= 11 is 3.45. The lowest BCUT2D eigenvalue weighted by molar-refractivity contribution is 0.0155. The molecule has 1 amide bonds. The van der Waals surface area contributed by atoms with E-state index in [9.17, 15) is 4.79 Å². The Labute approximate surface area is 159 Å². The minimum atomic E-state index is -0.459. The molecule has 1 aromatic rings. The number of hydrogen-bond donors (Lipinski definition) is 1. The number of carbonyl (C=O) groups excluding carboxylic acids is 1. The first-order chi connectivity index (χ1) is 11.7. The van der Waals surface area contributed by atoms with Gasteiger partial charge >= 0.3 is 6.09 Å². The third kappa shape index (κ3) is 6.84. The quantitative estimate of drug-likeness (QED) is 0.737. The largest absolute Gasteiger partial charge is 0.444 e. The Hall–Kier alpha value is -1.30. The molecule has 0 spiro atoms. The van der Waals surface area contributed by atoms with Crippen molar-refractivity contribution in [1.82, 2.24) is 9.88 Å². The molecule has 2 unspecified atom stereocenters. The van der Waals surface area contributed by atoms with Gasteiger partial charge < -0.3 is 15.0 Å². The minimum absolute atomic E-state index is 0.185. The zero-order valence-corrected chi connectivity index (χ0v) is 17.3. The van der Waals surface area contributed by atoms with E-state index < -0.39 is 5.60 Å². The average molecular weight is 412 g/mol. The molecule has 140 valence electrons. The summed E-state index contributed by atoms with van der Waals surface area (Å²) in [5, 5.41) is 3.49. The average Bonchev–Trinajstić information content (AvgIpc) is 2.70. The van der Waals surface area contributed by atoms with Crippen molar-refractivity contribution in [2.45, 2.75) is 77.5 Å². The molecule has 1 aromatic heterocycles. The van der Waals surface area contributed by atoms with E-state index >= 15 is 0 Å². The van der Waals surface area contributed by atoms with Crippen LogP contribution in [0.4, 0.5) is 10.5 Å². The van der Waals surface area contributed by atoms with Gasteiger partial charge in [-0.1, -0.05) is 12.8 Å². The smallest absolute Gasteiger partial charge is 0.410 e. The maximum atomic E-state index is 12.6. The first kappa shape index (κ1) is 20.0. The maximum absolute atomic E-state index is 12.6. The van der Waals surface area contributed by atoms with Crippen molar-refractivity contribution in [3.63, 3.8) is 0 Å². The Balaban J connectivity index is 2.01. The van der Waals surface area contributed by atoms with E-state index in [-0.39, 0.29) is 18.2 Å². The van der Waals surface area contributed by atoms with Crippen molar-refractivity contribution in [1.29, 1.82) is 0 Å². The summed E-state index contributed by atoms with van der Waals surface area (Å²) < 4.78 is 6.58. The molecule has 5 nitrogen and oxygen atoms in total. The molecule has 1 N–H and O–H groups in total. The van der Waals surface area contributed by atoms with Crippen molar-refractivity contribution in [3.8, 4) is 0 Å². The zero-order chi connectivity index (χ0) is 18.4. The number of anilines is 1. The van der Waals surface area contributed by atoms with Gasteiger partial charge in [0.1, 0.15) is 5.60 Å². The van der Waals surface area contributed by atoms with Crippen molar-refractivity contribution in [3.05, 3.63) is 22.9 Å². The summed E-state index contributed by atoms with van der Waals surface area (Å²) in [6.45, 7) is 8.69. The Bertz CT molecular complexity index is 574. The molecular weight excluding hydrogens is 382 g/mol. The predicted molar refractivity (Wildman–Crippen MR) is 105 cm³/mol. The summed E-state index contributed by atoms with van der Waals surface area (Å²) in [7, 11) is 0. The number of carbonyl (C=O) groups is 1. The zero-order valence-electron chi connectivity index (χ0n) is 15.7. The van der Waals surface area contributed by atoms with E-state index in [4.69, 9.17) is 4.74 Å². The molecular formula is C19H30BrN3O2. The summed E-state index contributed by atoms with van der Waals surface area (Å²) in [4.78, 5) is 18.8. The van der Waals surface area contributed by atoms with Gasteiger partial charge in [-0.3, -0.25) is 4.98 Å². The van der Waals surface area contributed by atoms with E-state index in [1.807, 2.05) is 37.9 Å². The van der Waals surface area contributed by atoms with Crippen LogP contribution in [0.2, 0.25) is 0 Å². The van der Waals surface area contributed by atoms with Gasteiger partial charge in [-0.25, -0.2) is 4.79 Å². The first-order valence-corrected chi connectivity index (χ1v) is 9.90. The lowest BCUT2D eigenvalue weighted by atomic mass is 10.0. The number of pyridine rings is 1. The van der Waals surface area contributed by atoms with Crippen LogP contribution in [-0.2, 0) is 4.74 Å². The fourth-order valence-electron chi connectivity index (χ4n) is 3.23. The third-order valence-electron chi connectivity index (χ3n) is 4.25. The van der Waals surface area contributed by atoms with E-state index in [1.165, 1.54) is 6.42 Å². The molecule has 0 bridgehead atoms. The van der Waals surface area contributed by atoms with Crippen molar-refractivity contribution in [2.24, 2.45) is 0 Å². The second-order valence-corrected chi connectivity index (χ2v) is 8.77. The molecule has 0 aliphatic carbocycles. The Morgan fingerprint density at radius 1 is 1.40 bits per heavy atom. The number of aromatic nitrogens is 1. The SMILES string of the molecule is CC(CC1CCCCCN1C(=O)OC(C)(C)C)Nc1cncc(Br)c1. The number of ether oxygens (including phenoxy) is 1. The van der Waals surface area contributed by atoms with Gasteiger partial charge in [-0.2, -0.15) is 0 Å². The van der Waals surface area contributed by atoms with Gasteiger partial charge in [0.15, 0.2) is 0 Å². The van der Waals surface area contributed by atoms with E-state index in [0.29, 0.717) is 0 Å². The number of nitrogens with one attached hydrogen (secondary N) is 1. The summed E-state index contributed by atoms with van der Waals surface area (Å²) in [5.41, 5.74) is 0.527. The summed E-state index contributed by atoms with van der Waals surface area (Å²) in [6.07, 6.45) is 8.71. The topological polar surface area (TPSA) is 54.5 Å². The van der Waals surface area contributed by atoms with Crippen LogP contribution in [0.15, 0.2) is 22.9 Å². The van der Waals surface area contributed by atoms with Crippen molar-refractivity contribution < 1.29 is 9.53 Å². The maximum Gasteiger partial charge on any atom is 0.410 e. The number of rotatable bonds is 4. The van der Waals surface area contributed by atoms with E-state index in [2.05, 4.69) is 33.2 Å². The molecule has 1 aliphatic rings. The van der Waals surface area contributed by atoms with Gasteiger partial charge in [0.25, 0.3) is 0 Å².